The molecule has 8 heteroatoms. The third-order valence-corrected chi connectivity index (χ3v) is 3.84. The predicted octanol–water partition coefficient (Wildman–Crippen LogP) is 1.94. The van der Waals surface area contributed by atoms with Crippen LogP contribution in [0.15, 0.2) is 16.2 Å². The lowest BCUT2D eigenvalue weighted by Gasteiger charge is -2.08. The molecule has 2 aromatic rings. The molecule has 0 aromatic carbocycles. The molecule has 0 saturated carbocycles. The van der Waals surface area contributed by atoms with Crippen LogP contribution < -0.4 is 16.6 Å². The molecule has 96 valence electrons. The van der Waals surface area contributed by atoms with Crippen LogP contribution in [0.5, 0.6) is 0 Å². The van der Waals surface area contributed by atoms with E-state index in [0.29, 0.717) is 11.6 Å². The maximum atomic E-state index is 5.34. The van der Waals surface area contributed by atoms with Crippen LogP contribution in [0.2, 0.25) is 0 Å². The highest BCUT2D eigenvalue weighted by Crippen LogP contribution is 2.25. The van der Waals surface area contributed by atoms with Crippen molar-refractivity contribution in [3.8, 4) is 0 Å². The van der Waals surface area contributed by atoms with Gasteiger partial charge < -0.3 is 10.7 Å². The zero-order valence-corrected chi connectivity index (χ0v) is 12.2. The van der Waals surface area contributed by atoms with E-state index in [1.807, 2.05) is 6.92 Å². The highest BCUT2D eigenvalue weighted by atomic mass is 79.9. The summed E-state index contributed by atoms with van der Waals surface area (Å²) in [4.78, 5) is 12.5. The average molecular weight is 329 g/mol. The SMILES string of the molecule is Cc1nc(CCNc2ncnc(NN)c2Br)cs1. The first kappa shape index (κ1) is 13.2. The molecule has 0 spiro atoms. The Kier molecular flexibility index (Phi) is 4.45. The van der Waals surface area contributed by atoms with E-state index >= 15 is 0 Å². The van der Waals surface area contributed by atoms with Crippen molar-refractivity contribution in [2.24, 2.45) is 5.84 Å². The number of thiazole rings is 1. The van der Waals surface area contributed by atoms with Crippen LogP contribution in [-0.4, -0.2) is 21.5 Å². The smallest absolute Gasteiger partial charge is 0.159 e. The minimum atomic E-state index is 0.553. The molecular weight excluding hydrogens is 316 g/mol. The molecule has 0 aliphatic rings. The lowest BCUT2D eigenvalue weighted by atomic mass is 10.3. The molecule has 2 heterocycles. The van der Waals surface area contributed by atoms with Gasteiger partial charge in [-0.25, -0.2) is 20.8 Å². The van der Waals surface area contributed by atoms with Gasteiger partial charge in [0.1, 0.15) is 16.6 Å². The molecular formula is C10H13BrN6S. The van der Waals surface area contributed by atoms with Crippen LogP contribution in [0.4, 0.5) is 11.6 Å². The highest BCUT2D eigenvalue weighted by molar-refractivity contribution is 9.10. The maximum absolute atomic E-state index is 5.34. The van der Waals surface area contributed by atoms with Crippen LogP contribution in [-0.2, 0) is 6.42 Å². The Morgan fingerprint density at radius 3 is 2.83 bits per heavy atom. The fourth-order valence-corrected chi connectivity index (χ4v) is 2.53. The maximum Gasteiger partial charge on any atom is 0.159 e. The zero-order chi connectivity index (χ0) is 13.0. The molecule has 0 bridgehead atoms. The van der Waals surface area contributed by atoms with Crippen molar-refractivity contribution in [1.29, 1.82) is 0 Å². The standard InChI is InChI=1S/C10H13BrN6S/c1-6-16-7(4-18-6)2-3-13-9-8(11)10(17-12)15-5-14-9/h4-5H,2-3,12H2,1H3,(H2,13,14,15,17). The van der Waals surface area contributed by atoms with Gasteiger partial charge in [-0.05, 0) is 22.9 Å². The van der Waals surface area contributed by atoms with Gasteiger partial charge in [0.2, 0.25) is 0 Å². The van der Waals surface area contributed by atoms with Crippen molar-refractivity contribution in [2.45, 2.75) is 13.3 Å². The number of anilines is 2. The van der Waals surface area contributed by atoms with Crippen molar-refractivity contribution >= 4 is 38.9 Å². The largest absolute Gasteiger partial charge is 0.369 e. The van der Waals surface area contributed by atoms with Gasteiger partial charge in [-0.2, -0.15) is 0 Å². The van der Waals surface area contributed by atoms with Crippen molar-refractivity contribution in [1.82, 2.24) is 15.0 Å². The third kappa shape index (κ3) is 3.15. The van der Waals surface area contributed by atoms with Crippen molar-refractivity contribution in [3.63, 3.8) is 0 Å². The number of aryl methyl sites for hydroxylation is 1. The fourth-order valence-electron chi connectivity index (χ4n) is 1.43. The van der Waals surface area contributed by atoms with E-state index in [2.05, 4.69) is 47.0 Å². The summed E-state index contributed by atoms with van der Waals surface area (Å²) < 4.78 is 0.724. The molecule has 0 saturated heterocycles. The number of nitrogens with zero attached hydrogens (tertiary/aromatic N) is 3. The number of rotatable bonds is 5. The van der Waals surface area contributed by atoms with Crippen LogP contribution in [0.1, 0.15) is 10.7 Å². The Hall–Kier alpha value is -1.25. The Morgan fingerprint density at radius 2 is 2.17 bits per heavy atom. The minimum Gasteiger partial charge on any atom is -0.369 e. The second-order valence-electron chi connectivity index (χ2n) is 3.56. The fraction of sp³-hybridized carbons (Fsp3) is 0.300. The van der Waals surface area contributed by atoms with Crippen LogP contribution in [0.25, 0.3) is 0 Å². The topological polar surface area (TPSA) is 88.8 Å². The van der Waals surface area contributed by atoms with Crippen molar-refractivity contribution in [2.75, 3.05) is 17.3 Å². The van der Waals surface area contributed by atoms with E-state index in [0.717, 1.165) is 28.1 Å². The Bertz CT molecular complexity index is 529. The van der Waals surface area contributed by atoms with Crippen molar-refractivity contribution in [3.05, 3.63) is 26.9 Å². The number of nitrogens with two attached hydrogens (primary N) is 1. The minimum absolute atomic E-state index is 0.553. The second-order valence-corrected chi connectivity index (χ2v) is 5.42. The monoisotopic (exact) mass is 328 g/mol. The number of halogens is 1. The molecule has 0 aliphatic carbocycles. The molecule has 0 unspecified atom stereocenters. The van der Waals surface area contributed by atoms with E-state index in [1.165, 1.54) is 6.33 Å². The van der Waals surface area contributed by atoms with Crippen LogP contribution in [0, 0.1) is 6.92 Å². The summed E-state index contributed by atoms with van der Waals surface area (Å²) in [5.74, 6) is 6.60. The van der Waals surface area contributed by atoms with E-state index < -0.39 is 0 Å². The second kappa shape index (κ2) is 6.07. The van der Waals surface area contributed by atoms with E-state index in [1.54, 1.807) is 11.3 Å². The number of nitrogens with one attached hydrogen (secondary N) is 2. The summed E-state index contributed by atoms with van der Waals surface area (Å²) in [6, 6.07) is 0. The molecule has 4 N–H and O–H groups in total. The van der Waals surface area contributed by atoms with E-state index in [-0.39, 0.29) is 0 Å². The third-order valence-electron chi connectivity index (χ3n) is 2.27. The molecule has 0 atom stereocenters. The first-order valence-electron chi connectivity index (χ1n) is 5.32. The normalized spacial score (nSPS) is 10.4. The van der Waals surface area contributed by atoms with Gasteiger partial charge in [-0.1, -0.05) is 0 Å². The molecule has 0 fully saturated rings. The molecule has 18 heavy (non-hydrogen) atoms. The molecule has 0 aliphatic heterocycles. The number of hydrogen-bond donors (Lipinski definition) is 3. The number of hydrogen-bond acceptors (Lipinski definition) is 7. The number of aromatic nitrogens is 3. The van der Waals surface area contributed by atoms with Gasteiger partial charge in [0.25, 0.3) is 0 Å². The van der Waals surface area contributed by atoms with E-state index in [4.69, 9.17) is 5.84 Å². The first-order valence-corrected chi connectivity index (χ1v) is 7.00. The van der Waals surface area contributed by atoms with Gasteiger partial charge in [-0.3, -0.25) is 0 Å². The summed E-state index contributed by atoms with van der Waals surface area (Å²) >= 11 is 5.05. The molecule has 2 rings (SSSR count). The van der Waals surface area contributed by atoms with Crippen LogP contribution in [0.3, 0.4) is 0 Å². The van der Waals surface area contributed by atoms with Gasteiger partial charge >= 0.3 is 0 Å². The number of nitrogen functional groups attached to an aromatic ring is 1. The average Bonchev–Trinajstić information content (AvgIpc) is 2.77. The lowest BCUT2D eigenvalue weighted by Crippen LogP contribution is -2.12. The Labute approximate surface area is 117 Å². The Balaban J connectivity index is 1.94. The summed E-state index contributed by atoms with van der Waals surface area (Å²) in [5.41, 5.74) is 3.59. The molecule has 6 nitrogen and oxygen atoms in total. The van der Waals surface area contributed by atoms with Crippen molar-refractivity contribution < 1.29 is 0 Å². The van der Waals surface area contributed by atoms with Gasteiger partial charge in [0.15, 0.2) is 5.82 Å². The van der Waals surface area contributed by atoms with Crippen LogP contribution >= 0.6 is 27.3 Å². The number of hydrazine groups is 1. The highest BCUT2D eigenvalue weighted by Gasteiger charge is 2.07. The summed E-state index contributed by atoms with van der Waals surface area (Å²) in [6.45, 7) is 2.75. The van der Waals surface area contributed by atoms with Gasteiger partial charge in [0.05, 0.1) is 10.7 Å². The Morgan fingerprint density at radius 1 is 1.39 bits per heavy atom. The summed E-state index contributed by atoms with van der Waals surface area (Å²) in [6.07, 6.45) is 2.31. The predicted molar refractivity (Wildman–Crippen MR) is 76.6 cm³/mol. The summed E-state index contributed by atoms with van der Waals surface area (Å²) in [5, 5.41) is 6.37. The zero-order valence-electron chi connectivity index (χ0n) is 9.77. The summed E-state index contributed by atoms with van der Waals surface area (Å²) in [7, 11) is 0. The first-order chi connectivity index (χ1) is 8.70. The molecule has 0 radical (unpaired) electrons. The van der Waals surface area contributed by atoms with Gasteiger partial charge in [0, 0.05) is 18.3 Å². The van der Waals surface area contributed by atoms with E-state index in [9.17, 15) is 0 Å². The lowest BCUT2D eigenvalue weighted by molar-refractivity contribution is 0.954. The molecule has 0 amide bonds. The van der Waals surface area contributed by atoms with Gasteiger partial charge in [-0.15, -0.1) is 11.3 Å². The molecule has 2 aromatic heterocycles. The quantitative estimate of drug-likeness (QED) is 0.574.